The molecule has 154 valence electrons. The van der Waals surface area contributed by atoms with Crippen molar-refractivity contribution < 1.29 is 14.3 Å². The largest absolute Gasteiger partial charge is 0.497 e. The van der Waals surface area contributed by atoms with Gasteiger partial charge in [-0.25, -0.2) is 0 Å². The number of hydrogen-bond donors (Lipinski definition) is 0. The number of nitrogens with zero attached hydrogens (tertiary/aromatic N) is 1. The summed E-state index contributed by atoms with van der Waals surface area (Å²) in [6, 6.07) is 13.6. The van der Waals surface area contributed by atoms with Crippen LogP contribution < -0.4 is 9.47 Å². The fourth-order valence-corrected chi connectivity index (χ4v) is 6.01. The first kappa shape index (κ1) is 20.4. The third-order valence-electron chi connectivity index (χ3n) is 6.12. The SMILES string of the molecule is COc1ccc(OC)c(C2SCCN2C(=O)C2(c3ccc(Cl)cc3)CCCC2)c1. The van der Waals surface area contributed by atoms with E-state index in [1.54, 1.807) is 26.0 Å². The van der Waals surface area contributed by atoms with Gasteiger partial charge in [0.25, 0.3) is 0 Å². The van der Waals surface area contributed by atoms with Crippen LogP contribution in [0.4, 0.5) is 0 Å². The lowest BCUT2D eigenvalue weighted by Crippen LogP contribution is -2.45. The molecule has 2 aliphatic rings. The number of ether oxygens (including phenoxy) is 2. The van der Waals surface area contributed by atoms with E-state index >= 15 is 0 Å². The van der Waals surface area contributed by atoms with Crippen molar-refractivity contribution in [1.82, 2.24) is 4.90 Å². The molecule has 1 aliphatic carbocycles. The Morgan fingerprint density at radius 2 is 1.83 bits per heavy atom. The molecule has 0 spiro atoms. The van der Waals surface area contributed by atoms with Crippen LogP contribution in [-0.2, 0) is 10.2 Å². The molecule has 1 aliphatic heterocycles. The van der Waals surface area contributed by atoms with E-state index in [9.17, 15) is 4.79 Å². The second-order valence-electron chi connectivity index (χ2n) is 7.63. The average Bonchev–Trinajstić information content (AvgIpc) is 3.44. The van der Waals surface area contributed by atoms with E-state index < -0.39 is 5.41 Å². The van der Waals surface area contributed by atoms with Gasteiger partial charge in [0.2, 0.25) is 5.91 Å². The molecular weight excluding hydrogens is 406 g/mol. The van der Waals surface area contributed by atoms with E-state index in [2.05, 4.69) is 0 Å². The van der Waals surface area contributed by atoms with Crippen molar-refractivity contribution in [3.8, 4) is 11.5 Å². The number of halogens is 1. The van der Waals surface area contributed by atoms with Crippen LogP contribution >= 0.6 is 23.4 Å². The first-order valence-electron chi connectivity index (χ1n) is 10.00. The van der Waals surface area contributed by atoms with E-state index in [-0.39, 0.29) is 11.3 Å². The van der Waals surface area contributed by atoms with Crippen LogP contribution in [-0.4, -0.2) is 37.3 Å². The van der Waals surface area contributed by atoms with Crippen LogP contribution in [0.1, 0.15) is 42.2 Å². The maximum absolute atomic E-state index is 14.0. The molecule has 4 rings (SSSR count). The van der Waals surface area contributed by atoms with Crippen molar-refractivity contribution in [2.45, 2.75) is 36.5 Å². The number of thioether (sulfide) groups is 1. The number of benzene rings is 2. The number of hydrogen-bond acceptors (Lipinski definition) is 4. The van der Waals surface area contributed by atoms with E-state index in [1.807, 2.05) is 47.4 Å². The molecule has 1 saturated heterocycles. The highest BCUT2D eigenvalue weighted by Crippen LogP contribution is 2.49. The lowest BCUT2D eigenvalue weighted by atomic mass is 9.77. The summed E-state index contributed by atoms with van der Waals surface area (Å²) >= 11 is 7.90. The second-order valence-corrected chi connectivity index (χ2v) is 9.25. The zero-order valence-corrected chi connectivity index (χ0v) is 18.4. The van der Waals surface area contributed by atoms with Gasteiger partial charge in [-0.3, -0.25) is 4.79 Å². The molecule has 29 heavy (non-hydrogen) atoms. The number of methoxy groups -OCH3 is 2. The highest BCUT2D eigenvalue weighted by molar-refractivity contribution is 7.99. The molecule has 1 unspecified atom stereocenters. The lowest BCUT2D eigenvalue weighted by Gasteiger charge is -2.36. The summed E-state index contributed by atoms with van der Waals surface area (Å²) in [7, 11) is 3.33. The Labute approximate surface area is 181 Å². The molecule has 1 saturated carbocycles. The Bertz CT molecular complexity index is 880. The number of amides is 1. The second kappa shape index (κ2) is 8.49. The predicted molar refractivity (Wildman–Crippen MR) is 118 cm³/mol. The Hall–Kier alpha value is -1.85. The normalized spacial score (nSPS) is 20.7. The zero-order chi connectivity index (χ0) is 20.4. The minimum atomic E-state index is -0.458. The number of carbonyl (C=O) groups is 1. The fourth-order valence-electron chi connectivity index (χ4n) is 4.62. The number of rotatable bonds is 5. The molecule has 0 radical (unpaired) electrons. The van der Waals surface area contributed by atoms with Gasteiger partial charge >= 0.3 is 0 Å². The summed E-state index contributed by atoms with van der Waals surface area (Å²) in [5.41, 5.74) is 1.62. The third kappa shape index (κ3) is 3.71. The van der Waals surface area contributed by atoms with Gasteiger partial charge in [-0.1, -0.05) is 36.6 Å². The summed E-state index contributed by atoms with van der Waals surface area (Å²) in [6.45, 7) is 0.740. The quantitative estimate of drug-likeness (QED) is 0.631. The monoisotopic (exact) mass is 431 g/mol. The van der Waals surface area contributed by atoms with Crippen LogP contribution in [0.2, 0.25) is 5.02 Å². The summed E-state index contributed by atoms with van der Waals surface area (Å²) in [6.07, 6.45) is 3.91. The van der Waals surface area contributed by atoms with Gasteiger partial charge in [-0.05, 0) is 48.7 Å². The van der Waals surface area contributed by atoms with E-state index in [0.717, 1.165) is 60.6 Å². The van der Waals surface area contributed by atoms with E-state index in [1.165, 1.54) is 0 Å². The molecule has 0 aromatic heterocycles. The maximum atomic E-state index is 14.0. The third-order valence-corrected chi connectivity index (χ3v) is 7.61. The summed E-state index contributed by atoms with van der Waals surface area (Å²) < 4.78 is 11.0. The van der Waals surface area contributed by atoms with Gasteiger partial charge in [0.05, 0.1) is 19.6 Å². The minimum absolute atomic E-state index is 0.0719. The molecule has 0 N–H and O–H groups in total. The molecule has 0 bridgehead atoms. The van der Waals surface area contributed by atoms with E-state index in [0.29, 0.717) is 5.02 Å². The Kier molecular flexibility index (Phi) is 5.98. The minimum Gasteiger partial charge on any atom is -0.497 e. The molecule has 1 amide bonds. The zero-order valence-electron chi connectivity index (χ0n) is 16.8. The van der Waals surface area contributed by atoms with Gasteiger partial charge in [0, 0.05) is 22.9 Å². The highest BCUT2D eigenvalue weighted by Gasteiger charge is 2.48. The standard InChI is InChI=1S/C23H26ClNO3S/c1-27-18-9-10-20(28-2)19(15-18)21-25(13-14-29-21)22(26)23(11-3-4-12-23)16-5-7-17(24)8-6-16/h5-10,15,21H,3-4,11-14H2,1-2H3. The highest BCUT2D eigenvalue weighted by atomic mass is 35.5. The Morgan fingerprint density at radius 3 is 2.48 bits per heavy atom. The van der Waals surface area contributed by atoms with Gasteiger partial charge in [0.15, 0.2) is 0 Å². The number of carbonyl (C=O) groups excluding carboxylic acids is 1. The topological polar surface area (TPSA) is 38.8 Å². The van der Waals surface area contributed by atoms with Crippen LogP contribution in [0.5, 0.6) is 11.5 Å². The average molecular weight is 432 g/mol. The summed E-state index contributed by atoms with van der Waals surface area (Å²) in [4.78, 5) is 16.0. The molecule has 1 atom stereocenters. The van der Waals surface area contributed by atoms with Crippen LogP contribution in [0.3, 0.4) is 0 Å². The van der Waals surface area contributed by atoms with Crippen LogP contribution in [0, 0.1) is 0 Å². The smallest absolute Gasteiger partial charge is 0.234 e. The van der Waals surface area contributed by atoms with Gasteiger partial charge < -0.3 is 14.4 Å². The molecule has 2 aromatic rings. The molecule has 4 nitrogen and oxygen atoms in total. The Balaban J connectivity index is 1.71. The summed E-state index contributed by atoms with van der Waals surface area (Å²) in [5, 5.41) is 0.627. The predicted octanol–water partition coefficient (Wildman–Crippen LogP) is 5.44. The van der Waals surface area contributed by atoms with Crippen molar-refractivity contribution >= 4 is 29.3 Å². The molecule has 2 fully saturated rings. The fraction of sp³-hybridized carbons (Fsp3) is 0.435. The Morgan fingerprint density at radius 1 is 1.10 bits per heavy atom. The lowest BCUT2D eigenvalue weighted by molar-refractivity contribution is -0.137. The van der Waals surface area contributed by atoms with E-state index in [4.69, 9.17) is 21.1 Å². The van der Waals surface area contributed by atoms with Crippen molar-refractivity contribution in [3.05, 3.63) is 58.6 Å². The van der Waals surface area contributed by atoms with Crippen LogP contribution in [0.25, 0.3) is 0 Å². The molecule has 1 heterocycles. The first-order valence-corrected chi connectivity index (χ1v) is 11.4. The maximum Gasteiger partial charge on any atom is 0.234 e. The molecular formula is C23H26ClNO3S. The van der Waals surface area contributed by atoms with Crippen molar-refractivity contribution in [3.63, 3.8) is 0 Å². The van der Waals surface area contributed by atoms with Gasteiger partial charge in [-0.2, -0.15) is 0 Å². The van der Waals surface area contributed by atoms with Gasteiger partial charge in [-0.15, -0.1) is 11.8 Å². The molecule has 6 heteroatoms. The van der Waals surface area contributed by atoms with Crippen molar-refractivity contribution in [2.24, 2.45) is 0 Å². The summed E-state index contributed by atoms with van der Waals surface area (Å²) in [5.74, 6) is 2.69. The molecule has 2 aromatic carbocycles. The van der Waals surface area contributed by atoms with Gasteiger partial charge in [0.1, 0.15) is 16.9 Å². The van der Waals surface area contributed by atoms with Crippen molar-refractivity contribution in [2.75, 3.05) is 26.5 Å². The first-order chi connectivity index (χ1) is 14.1. The van der Waals surface area contributed by atoms with Crippen LogP contribution in [0.15, 0.2) is 42.5 Å². The van der Waals surface area contributed by atoms with Crippen molar-refractivity contribution in [1.29, 1.82) is 0 Å².